The van der Waals surface area contributed by atoms with Gasteiger partial charge in [-0.15, -0.1) is 0 Å². The molecule has 0 radical (unpaired) electrons. The normalized spacial score (nSPS) is 13.7. The summed E-state index contributed by atoms with van der Waals surface area (Å²) in [6.07, 6.45) is 2.34. The Kier molecular flexibility index (Phi) is 5.05. The predicted molar refractivity (Wildman–Crippen MR) is 94.0 cm³/mol. The van der Waals surface area contributed by atoms with E-state index in [1.165, 1.54) is 17.5 Å². The Labute approximate surface area is 142 Å². The number of hydrogen-bond acceptors (Lipinski definition) is 5. The Morgan fingerprint density at radius 1 is 1.25 bits per heavy atom. The number of amides is 1. The number of carbonyl (C=O) groups excluding carboxylic acids is 1. The van der Waals surface area contributed by atoms with Gasteiger partial charge in [-0.1, -0.05) is 24.3 Å². The minimum absolute atomic E-state index is 0.0393. The molecule has 6 nitrogen and oxygen atoms in total. The molecule has 1 aromatic carbocycles. The number of fused-ring (bicyclic) bond motifs is 1. The van der Waals surface area contributed by atoms with Gasteiger partial charge in [-0.3, -0.25) is 4.79 Å². The van der Waals surface area contributed by atoms with E-state index in [1.807, 2.05) is 31.1 Å². The maximum absolute atomic E-state index is 12.7. The standard InChI is InChI=1S/C18H23N5O/c1-22(2)10-8-19-17-11-16(20-13-21-17)18(24)23-9-7-14-5-3-4-6-15(14)12-23/h3-6,11,13H,7-10,12H2,1-2H3,(H,19,20,21). The molecule has 126 valence electrons. The van der Waals surface area contributed by atoms with Gasteiger partial charge in [-0.2, -0.15) is 0 Å². The molecule has 0 unspecified atom stereocenters. The summed E-state index contributed by atoms with van der Waals surface area (Å²) in [5, 5.41) is 3.23. The summed E-state index contributed by atoms with van der Waals surface area (Å²) in [6.45, 7) is 3.04. The highest BCUT2D eigenvalue weighted by Gasteiger charge is 2.22. The molecule has 0 fully saturated rings. The zero-order valence-electron chi connectivity index (χ0n) is 14.2. The van der Waals surface area contributed by atoms with E-state index in [9.17, 15) is 4.79 Å². The quantitative estimate of drug-likeness (QED) is 0.906. The first kappa shape index (κ1) is 16.4. The van der Waals surface area contributed by atoms with Gasteiger partial charge in [0.15, 0.2) is 0 Å². The van der Waals surface area contributed by atoms with Gasteiger partial charge in [0.2, 0.25) is 0 Å². The summed E-state index contributed by atoms with van der Waals surface area (Å²) >= 11 is 0. The first-order valence-electron chi connectivity index (χ1n) is 8.20. The molecule has 2 heterocycles. The summed E-state index contributed by atoms with van der Waals surface area (Å²) in [6, 6.07) is 10.0. The highest BCUT2D eigenvalue weighted by Crippen LogP contribution is 2.20. The van der Waals surface area contributed by atoms with Crippen molar-refractivity contribution in [3.05, 3.63) is 53.5 Å². The highest BCUT2D eigenvalue weighted by atomic mass is 16.2. The fourth-order valence-corrected chi connectivity index (χ4v) is 2.81. The average Bonchev–Trinajstić information content (AvgIpc) is 2.60. The summed E-state index contributed by atoms with van der Waals surface area (Å²) in [5.74, 6) is 0.648. The molecule has 0 spiro atoms. The molecular weight excluding hydrogens is 302 g/mol. The van der Waals surface area contributed by atoms with E-state index in [4.69, 9.17) is 0 Å². The first-order chi connectivity index (χ1) is 11.6. The molecule has 3 rings (SSSR count). The van der Waals surface area contributed by atoms with E-state index >= 15 is 0 Å². The number of carbonyl (C=O) groups is 1. The number of aromatic nitrogens is 2. The van der Waals surface area contributed by atoms with Gasteiger partial charge >= 0.3 is 0 Å². The van der Waals surface area contributed by atoms with Crippen LogP contribution in [-0.2, 0) is 13.0 Å². The minimum Gasteiger partial charge on any atom is -0.369 e. The fourth-order valence-electron chi connectivity index (χ4n) is 2.81. The minimum atomic E-state index is -0.0393. The van der Waals surface area contributed by atoms with Crippen LogP contribution in [0.1, 0.15) is 21.6 Å². The number of hydrogen-bond donors (Lipinski definition) is 1. The maximum Gasteiger partial charge on any atom is 0.272 e. The maximum atomic E-state index is 12.7. The van der Waals surface area contributed by atoms with Crippen LogP contribution in [0.3, 0.4) is 0 Å². The van der Waals surface area contributed by atoms with E-state index in [0.717, 1.165) is 26.1 Å². The molecule has 1 aliphatic heterocycles. The Hall–Kier alpha value is -2.47. The highest BCUT2D eigenvalue weighted by molar-refractivity contribution is 5.93. The number of nitrogens with one attached hydrogen (secondary N) is 1. The lowest BCUT2D eigenvalue weighted by Crippen LogP contribution is -2.36. The van der Waals surface area contributed by atoms with E-state index in [1.54, 1.807) is 6.07 Å². The molecule has 6 heteroatoms. The molecule has 1 amide bonds. The lowest BCUT2D eigenvalue weighted by molar-refractivity contribution is 0.0728. The summed E-state index contributed by atoms with van der Waals surface area (Å²) < 4.78 is 0. The number of nitrogens with zero attached hydrogens (tertiary/aromatic N) is 4. The Morgan fingerprint density at radius 3 is 2.83 bits per heavy atom. The smallest absolute Gasteiger partial charge is 0.272 e. The molecule has 0 saturated carbocycles. The third kappa shape index (κ3) is 3.89. The molecular formula is C18H23N5O. The monoisotopic (exact) mass is 325 g/mol. The van der Waals surface area contributed by atoms with Crippen LogP contribution in [0, 0.1) is 0 Å². The summed E-state index contributed by atoms with van der Waals surface area (Å²) in [4.78, 5) is 25.0. The molecule has 0 bridgehead atoms. The predicted octanol–water partition coefficient (Wildman–Crippen LogP) is 1.65. The molecule has 1 N–H and O–H groups in total. The lowest BCUT2D eigenvalue weighted by Gasteiger charge is -2.28. The van der Waals surface area contributed by atoms with Gasteiger partial charge in [-0.05, 0) is 31.6 Å². The molecule has 1 aliphatic rings. The molecule has 0 saturated heterocycles. The number of anilines is 1. The zero-order valence-corrected chi connectivity index (χ0v) is 14.2. The molecule has 0 aliphatic carbocycles. The molecule has 0 atom stereocenters. The topological polar surface area (TPSA) is 61.4 Å². The van der Waals surface area contributed by atoms with Crippen molar-refractivity contribution in [1.29, 1.82) is 0 Å². The van der Waals surface area contributed by atoms with E-state index in [-0.39, 0.29) is 5.91 Å². The van der Waals surface area contributed by atoms with Crippen molar-refractivity contribution in [3.63, 3.8) is 0 Å². The Bertz CT molecular complexity index is 716. The van der Waals surface area contributed by atoms with Gasteiger partial charge in [0.1, 0.15) is 17.8 Å². The van der Waals surface area contributed by atoms with Crippen LogP contribution < -0.4 is 5.32 Å². The second kappa shape index (κ2) is 7.40. The Morgan fingerprint density at radius 2 is 2.04 bits per heavy atom. The number of rotatable bonds is 5. The van der Waals surface area contributed by atoms with Gasteiger partial charge < -0.3 is 15.1 Å². The van der Waals surface area contributed by atoms with Crippen molar-refractivity contribution in [2.45, 2.75) is 13.0 Å². The Balaban J connectivity index is 1.67. The summed E-state index contributed by atoms with van der Waals surface area (Å²) in [7, 11) is 4.04. The second-order valence-electron chi connectivity index (χ2n) is 6.26. The second-order valence-corrected chi connectivity index (χ2v) is 6.26. The van der Waals surface area contributed by atoms with Crippen LogP contribution in [-0.4, -0.2) is 59.4 Å². The van der Waals surface area contributed by atoms with Gasteiger partial charge in [-0.25, -0.2) is 9.97 Å². The van der Waals surface area contributed by atoms with Crippen molar-refractivity contribution >= 4 is 11.7 Å². The zero-order chi connectivity index (χ0) is 16.9. The largest absolute Gasteiger partial charge is 0.369 e. The van der Waals surface area contributed by atoms with Crippen LogP contribution in [0.25, 0.3) is 0 Å². The van der Waals surface area contributed by atoms with Crippen molar-refractivity contribution in [1.82, 2.24) is 19.8 Å². The van der Waals surface area contributed by atoms with Crippen LogP contribution in [0.15, 0.2) is 36.7 Å². The SMILES string of the molecule is CN(C)CCNc1cc(C(=O)N2CCc3ccccc3C2)ncn1. The van der Waals surface area contributed by atoms with Gasteiger partial charge in [0, 0.05) is 32.2 Å². The van der Waals surface area contributed by atoms with Gasteiger partial charge in [0.05, 0.1) is 0 Å². The van der Waals surface area contributed by atoms with E-state index in [0.29, 0.717) is 18.1 Å². The van der Waals surface area contributed by atoms with Crippen molar-refractivity contribution in [3.8, 4) is 0 Å². The molecule has 24 heavy (non-hydrogen) atoms. The average molecular weight is 325 g/mol. The van der Waals surface area contributed by atoms with Crippen LogP contribution in [0.4, 0.5) is 5.82 Å². The molecule has 1 aromatic heterocycles. The van der Waals surface area contributed by atoms with Crippen molar-refractivity contribution in [2.24, 2.45) is 0 Å². The van der Waals surface area contributed by atoms with E-state index < -0.39 is 0 Å². The van der Waals surface area contributed by atoms with E-state index in [2.05, 4.69) is 32.3 Å². The first-order valence-corrected chi connectivity index (χ1v) is 8.20. The lowest BCUT2D eigenvalue weighted by atomic mass is 10.00. The third-order valence-corrected chi connectivity index (χ3v) is 4.17. The van der Waals surface area contributed by atoms with Crippen molar-refractivity contribution in [2.75, 3.05) is 39.0 Å². The fraction of sp³-hybridized carbons (Fsp3) is 0.389. The van der Waals surface area contributed by atoms with Crippen LogP contribution in [0.5, 0.6) is 0 Å². The van der Waals surface area contributed by atoms with Crippen LogP contribution >= 0.6 is 0 Å². The number of benzene rings is 1. The number of likely N-dealkylation sites (N-methyl/N-ethyl adjacent to an activating group) is 1. The third-order valence-electron chi connectivity index (χ3n) is 4.17. The van der Waals surface area contributed by atoms with Crippen molar-refractivity contribution < 1.29 is 4.79 Å². The van der Waals surface area contributed by atoms with Gasteiger partial charge in [0.25, 0.3) is 5.91 Å². The summed E-state index contributed by atoms with van der Waals surface area (Å²) in [5.41, 5.74) is 2.99. The molecule has 2 aromatic rings. The van der Waals surface area contributed by atoms with Crippen LogP contribution in [0.2, 0.25) is 0 Å².